The minimum Gasteiger partial charge on any atom is -0.490 e. The third kappa shape index (κ3) is 2.73. The number of ether oxygens (including phenoxy) is 1. The van der Waals surface area contributed by atoms with Gasteiger partial charge in [0.1, 0.15) is 11.9 Å². The van der Waals surface area contributed by atoms with E-state index in [4.69, 9.17) is 4.74 Å². The van der Waals surface area contributed by atoms with Crippen LogP contribution in [-0.4, -0.2) is 10.9 Å². The van der Waals surface area contributed by atoms with Gasteiger partial charge >= 0.3 is 0 Å². The predicted molar refractivity (Wildman–Crippen MR) is 86.0 cm³/mol. The summed E-state index contributed by atoms with van der Waals surface area (Å²) in [4.78, 5) is 0.648. The molecule has 0 saturated heterocycles. The topological polar surface area (TPSA) is 9.23 Å². The molecular formula is C16H20Br2O. The van der Waals surface area contributed by atoms with Gasteiger partial charge in [0.2, 0.25) is 0 Å². The predicted octanol–water partition coefficient (Wildman–Crippen LogP) is 5.70. The molecule has 2 fully saturated rings. The van der Waals surface area contributed by atoms with E-state index in [1.807, 2.05) is 12.1 Å². The van der Waals surface area contributed by atoms with Gasteiger partial charge in [0, 0.05) is 14.7 Å². The maximum Gasteiger partial charge on any atom is 0.120 e. The van der Waals surface area contributed by atoms with Crippen molar-refractivity contribution in [2.24, 2.45) is 5.41 Å². The van der Waals surface area contributed by atoms with Gasteiger partial charge in [-0.25, -0.2) is 0 Å². The molecule has 0 aromatic heterocycles. The minimum absolute atomic E-state index is 0.388. The van der Waals surface area contributed by atoms with E-state index in [0.29, 0.717) is 16.3 Å². The van der Waals surface area contributed by atoms with Gasteiger partial charge in [0.15, 0.2) is 0 Å². The van der Waals surface area contributed by atoms with E-state index in [1.165, 1.54) is 38.5 Å². The quantitative estimate of drug-likeness (QED) is 0.591. The van der Waals surface area contributed by atoms with Crippen LogP contribution in [0.15, 0.2) is 28.7 Å². The van der Waals surface area contributed by atoms with Crippen molar-refractivity contribution in [2.45, 2.75) is 55.9 Å². The molecule has 0 amide bonds. The molecule has 2 aliphatic rings. The van der Waals surface area contributed by atoms with Crippen LogP contribution in [0.1, 0.15) is 44.9 Å². The first-order valence-corrected chi connectivity index (χ1v) is 8.98. The molecule has 19 heavy (non-hydrogen) atoms. The minimum atomic E-state index is 0.388. The second-order valence-electron chi connectivity index (χ2n) is 5.91. The largest absolute Gasteiger partial charge is 0.490 e. The second kappa shape index (κ2) is 5.77. The Bertz CT molecular complexity index is 438. The van der Waals surface area contributed by atoms with E-state index in [-0.39, 0.29) is 0 Å². The van der Waals surface area contributed by atoms with Crippen LogP contribution >= 0.6 is 31.9 Å². The average Bonchev–Trinajstić information content (AvgIpc) is 2.66. The molecule has 104 valence electrons. The number of rotatable bonds is 2. The van der Waals surface area contributed by atoms with Gasteiger partial charge in [-0.3, -0.25) is 0 Å². The maximum absolute atomic E-state index is 6.29. The summed E-state index contributed by atoms with van der Waals surface area (Å²) < 4.78 is 7.38. The van der Waals surface area contributed by atoms with Crippen LogP contribution in [0.3, 0.4) is 0 Å². The van der Waals surface area contributed by atoms with E-state index in [1.54, 1.807) is 0 Å². The fourth-order valence-electron chi connectivity index (χ4n) is 3.59. The summed E-state index contributed by atoms with van der Waals surface area (Å²) in [6.45, 7) is 0. The number of halogens is 2. The Labute approximate surface area is 132 Å². The van der Waals surface area contributed by atoms with E-state index in [2.05, 4.69) is 44.0 Å². The van der Waals surface area contributed by atoms with Crippen molar-refractivity contribution in [3.05, 3.63) is 28.7 Å². The summed E-state index contributed by atoms with van der Waals surface area (Å²) in [5.74, 6) is 1.00. The van der Waals surface area contributed by atoms with Crippen molar-refractivity contribution in [3.8, 4) is 5.75 Å². The fourth-order valence-corrected chi connectivity index (χ4v) is 5.06. The average molecular weight is 388 g/mol. The summed E-state index contributed by atoms with van der Waals surface area (Å²) in [6, 6.07) is 8.23. The highest BCUT2D eigenvalue weighted by atomic mass is 79.9. The third-order valence-electron chi connectivity index (χ3n) is 4.79. The summed E-state index contributed by atoms with van der Waals surface area (Å²) in [7, 11) is 0. The lowest BCUT2D eigenvalue weighted by Gasteiger charge is -2.53. The zero-order valence-corrected chi connectivity index (χ0v) is 14.3. The van der Waals surface area contributed by atoms with Crippen LogP contribution < -0.4 is 4.74 Å². The molecule has 0 heterocycles. The van der Waals surface area contributed by atoms with E-state index >= 15 is 0 Å². The van der Waals surface area contributed by atoms with Gasteiger partial charge in [-0.05, 0) is 37.5 Å². The van der Waals surface area contributed by atoms with Crippen LogP contribution in [0.4, 0.5) is 0 Å². The Morgan fingerprint density at radius 2 is 1.84 bits per heavy atom. The van der Waals surface area contributed by atoms with Crippen molar-refractivity contribution in [2.75, 3.05) is 0 Å². The summed E-state index contributed by atoms with van der Waals surface area (Å²) in [5.41, 5.74) is 0.388. The normalized spacial score (nSPS) is 29.6. The lowest BCUT2D eigenvalue weighted by atomic mass is 9.61. The van der Waals surface area contributed by atoms with Crippen LogP contribution in [0.2, 0.25) is 0 Å². The maximum atomic E-state index is 6.29. The van der Waals surface area contributed by atoms with E-state index < -0.39 is 0 Å². The molecule has 0 radical (unpaired) electrons. The standard InChI is InChI=1S/C16H20Br2O/c17-12-6-5-7-13(10-12)19-15-11-14(18)16(15)8-3-1-2-4-9-16/h5-7,10,14-15H,1-4,8-9,11H2. The molecule has 2 saturated carbocycles. The van der Waals surface area contributed by atoms with E-state index in [9.17, 15) is 0 Å². The first kappa shape index (κ1) is 13.9. The summed E-state index contributed by atoms with van der Waals surface area (Å²) in [6.07, 6.45) is 9.69. The second-order valence-corrected chi connectivity index (χ2v) is 7.94. The van der Waals surface area contributed by atoms with Crippen molar-refractivity contribution in [1.29, 1.82) is 0 Å². The van der Waals surface area contributed by atoms with Crippen molar-refractivity contribution in [1.82, 2.24) is 0 Å². The highest BCUT2D eigenvalue weighted by Gasteiger charge is 2.54. The number of alkyl halides is 1. The first-order chi connectivity index (χ1) is 9.21. The number of hydrogen-bond acceptors (Lipinski definition) is 1. The molecule has 1 spiro atoms. The molecule has 0 aliphatic heterocycles. The lowest BCUT2D eigenvalue weighted by molar-refractivity contribution is -0.0462. The fraction of sp³-hybridized carbons (Fsp3) is 0.625. The molecule has 2 aliphatic carbocycles. The van der Waals surface area contributed by atoms with Crippen LogP contribution in [-0.2, 0) is 0 Å². The van der Waals surface area contributed by atoms with Crippen molar-refractivity contribution in [3.63, 3.8) is 0 Å². The van der Waals surface area contributed by atoms with Crippen LogP contribution in [0.5, 0.6) is 5.75 Å². The molecule has 0 N–H and O–H groups in total. The molecule has 3 rings (SSSR count). The molecule has 0 bridgehead atoms. The monoisotopic (exact) mass is 386 g/mol. The molecule has 1 aromatic rings. The Morgan fingerprint density at radius 1 is 1.11 bits per heavy atom. The van der Waals surface area contributed by atoms with Gasteiger partial charge in [-0.2, -0.15) is 0 Å². The van der Waals surface area contributed by atoms with Crippen LogP contribution in [0.25, 0.3) is 0 Å². The number of hydrogen-bond donors (Lipinski definition) is 0. The molecule has 1 aromatic carbocycles. The molecule has 2 atom stereocenters. The first-order valence-electron chi connectivity index (χ1n) is 7.27. The van der Waals surface area contributed by atoms with E-state index in [0.717, 1.165) is 16.6 Å². The third-order valence-corrected chi connectivity index (χ3v) is 6.57. The van der Waals surface area contributed by atoms with Gasteiger partial charge in [0.05, 0.1) is 0 Å². The van der Waals surface area contributed by atoms with Crippen molar-refractivity contribution < 1.29 is 4.74 Å². The summed E-state index contributed by atoms with van der Waals surface area (Å²) >= 11 is 7.41. The highest BCUT2D eigenvalue weighted by Crippen LogP contribution is 2.55. The molecule has 3 heteroatoms. The Balaban J connectivity index is 1.74. The van der Waals surface area contributed by atoms with Gasteiger partial charge in [-0.15, -0.1) is 0 Å². The SMILES string of the molecule is Brc1cccc(OC2CC(Br)C23CCCCCC3)c1. The molecule has 2 unspecified atom stereocenters. The molecular weight excluding hydrogens is 368 g/mol. The smallest absolute Gasteiger partial charge is 0.120 e. The Hall–Kier alpha value is -0.0200. The zero-order chi connectivity index (χ0) is 13.3. The number of benzene rings is 1. The van der Waals surface area contributed by atoms with Gasteiger partial charge in [-0.1, -0.05) is 63.6 Å². The summed E-state index contributed by atoms with van der Waals surface area (Å²) in [5, 5.41) is 0. The lowest BCUT2D eigenvalue weighted by Crippen LogP contribution is -2.56. The molecule has 1 nitrogen and oxygen atoms in total. The van der Waals surface area contributed by atoms with Crippen LogP contribution in [0, 0.1) is 5.41 Å². The van der Waals surface area contributed by atoms with Crippen molar-refractivity contribution >= 4 is 31.9 Å². The van der Waals surface area contributed by atoms with Gasteiger partial charge < -0.3 is 4.74 Å². The van der Waals surface area contributed by atoms with Gasteiger partial charge in [0.25, 0.3) is 0 Å². The zero-order valence-electron chi connectivity index (χ0n) is 11.1. The highest BCUT2D eigenvalue weighted by molar-refractivity contribution is 9.10. The Morgan fingerprint density at radius 3 is 2.47 bits per heavy atom. The Kier molecular flexibility index (Phi) is 4.23.